The number of rotatable bonds is 6. The van der Waals surface area contributed by atoms with Crippen molar-refractivity contribution in [1.82, 2.24) is 9.62 Å². The molecule has 0 spiro atoms. The maximum atomic E-state index is 12.5. The number of hydrogen-bond acceptors (Lipinski definition) is 3. The van der Waals surface area contributed by atoms with Crippen molar-refractivity contribution in [1.29, 1.82) is 0 Å². The predicted molar refractivity (Wildman–Crippen MR) is 81.0 cm³/mol. The molecule has 5 heteroatoms. The number of nitrogens with zero attached hydrogens (tertiary/aromatic N) is 1. The summed E-state index contributed by atoms with van der Waals surface area (Å²) in [5, 5.41) is 3.29. The van der Waals surface area contributed by atoms with E-state index in [2.05, 4.69) is 12.2 Å². The SMILES string of the molecule is CCCNCc1cccc(S(=O)(=O)N2CC=CCC2)c1. The first-order chi connectivity index (χ1) is 9.64. The van der Waals surface area contributed by atoms with Crippen LogP contribution in [0, 0.1) is 0 Å². The summed E-state index contributed by atoms with van der Waals surface area (Å²) in [6, 6.07) is 7.22. The summed E-state index contributed by atoms with van der Waals surface area (Å²) in [6.07, 6.45) is 5.79. The van der Waals surface area contributed by atoms with Gasteiger partial charge in [0.05, 0.1) is 4.90 Å². The highest BCUT2D eigenvalue weighted by atomic mass is 32.2. The van der Waals surface area contributed by atoms with E-state index in [-0.39, 0.29) is 0 Å². The third-order valence-corrected chi connectivity index (χ3v) is 5.17. The zero-order valence-corrected chi connectivity index (χ0v) is 12.7. The lowest BCUT2D eigenvalue weighted by Crippen LogP contribution is -2.33. The first-order valence-corrected chi connectivity index (χ1v) is 8.53. The monoisotopic (exact) mass is 294 g/mol. The molecule has 110 valence electrons. The van der Waals surface area contributed by atoms with E-state index in [1.807, 2.05) is 24.3 Å². The summed E-state index contributed by atoms with van der Waals surface area (Å²) in [6.45, 7) is 4.79. The topological polar surface area (TPSA) is 49.4 Å². The van der Waals surface area contributed by atoms with Gasteiger partial charge in [-0.15, -0.1) is 0 Å². The Kier molecular flexibility index (Phi) is 5.34. The highest BCUT2D eigenvalue weighted by molar-refractivity contribution is 7.89. The van der Waals surface area contributed by atoms with E-state index in [1.54, 1.807) is 12.1 Å². The van der Waals surface area contributed by atoms with Crippen molar-refractivity contribution in [2.24, 2.45) is 0 Å². The average Bonchev–Trinajstić information content (AvgIpc) is 2.49. The van der Waals surface area contributed by atoms with Crippen molar-refractivity contribution < 1.29 is 8.42 Å². The van der Waals surface area contributed by atoms with Gasteiger partial charge < -0.3 is 5.32 Å². The van der Waals surface area contributed by atoms with Crippen LogP contribution in [0.15, 0.2) is 41.3 Å². The molecule has 0 saturated carbocycles. The van der Waals surface area contributed by atoms with Crippen LogP contribution in [0.5, 0.6) is 0 Å². The minimum Gasteiger partial charge on any atom is -0.313 e. The lowest BCUT2D eigenvalue weighted by molar-refractivity contribution is 0.437. The smallest absolute Gasteiger partial charge is 0.243 e. The van der Waals surface area contributed by atoms with E-state index >= 15 is 0 Å². The third-order valence-electron chi connectivity index (χ3n) is 3.31. The normalized spacial score (nSPS) is 16.4. The van der Waals surface area contributed by atoms with Crippen LogP contribution in [0.25, 0.3) is 0 Å². The maximum absolute atomic E-state index is 12.5. The van der Waals surface area contributed by atoms with Crippen molar-refractivity contribution in [3.8, 4) is 0 Å². The molecule has 0 unspecified atom stereocenters. The van der Waals surface area contributed by atoms with E-state index in [1.165, 1.54) is 4.31 Å². The number of nitrogens with one attached hydrogen (secondary N) is 1. The molecule has 0 bridgehead atoms. The average molecular weight is 294 g/mol. The van der Waals surface area contributed by atoms with Crippen LogP contribution in [-0.2, 0) is 16.6 Å². The van der Waals surface area contributed by atoms with Crippen LogP contribution in [0.1, 0.15) is 25.3 Å². The molecule has 1 N–H and O–H groups in total. The van der Waals surface area contributed by atoms with Gasteiger partial charge in [-0.05, 0) is 37.1 Å². The lowest BCUT2D eigenvalue weighted by atomic mass is 10.2. The Morgan fingerprint density at radius 1 is 1.30 bits per heavy atom. The van der Waals surface area contributed by atoms with Crippen molar-refractivity contribution >= 4 is 10.0 Å². The Hall–Kier alpha value is -1.17. The van der Waals surface area contributed by atoms with Gasteiger partial charge in [0.2, 0.25) is 10.0 Å². The molecular formula is C15H22N2O2S. The summed E-state index contributed by atoms with van der Waals surface area (Å²) < 4.78 is 26.6. The summed E-state index contributed by atoms with van der Waals surface area (Å²) >= 11 is 0. The van der Waals surface area contributed by atoms with Gasteiger partial charge in [-0.25, -0.2) is 8.42 Å². The molecule has 0 saturated heterocycles. The van der Waals surface area contributed by atoms with Crippen LogP contribution in [0.4, 0.5) is 0 Å². The second kappa shape index (κ2) is 7.02. The van der Waals surface area contributed by atoms with Gasteiger partial charge in [0, 0.05) is 19.6 Å². The standard InChI is InChI=1S/C15H22N2O2S/c1-2-9-16-13-14-7-6-8-15(12-14)20(18,19)17-10-4-3-5-11-17/h3-4,6-8,12,16H,2,5,9-11,13H2,1H3. The summed E-state index contributed by atoms with van der Waals surface area (Å²) in [5.41, 5.74) is 1.01. The van der Waals surface area contributed by atoms with Crippen LogP contribution in [-0.4, -0.2) is 32.4 Å². The van der Waals surface area contributed by atoms with E-state index < -0.39 is 10.0 Å². The fourth-order valence-electron chi connectivity index (χ4n) is 2.21. The second-order valence-electron chi connectivity index (χ2n) is 4.95. The molecule has 2 rings (SSSR count). The molecule has 20 heavy (non-hydrogen) atoms. The summed E-state index contributed by atoms with van der Waals surface area (Å²) in [5.74, 6) is 0. The number of sulfonamides is 1. The lowest BCUT2D eigenvalue weighted by Gasteiger charge is -2.23. The highest BCUT2D eigenvalue weighted by Crippen LogP contribution is 2.19. The van der Waals surface area contributed by atoms with Crippen LogP contribution < -0.4 is 5.32 Å². The molecule has 0 fully saturated rings. The molecule has 1 aromatic rings. The summed E-state index contributed by atoms with van der Waals surface area (Å²) in [4.78, 5) is 0.392. The van der Waals surface area contributed by atoms with Crippen molar-refractivity contribution in [3.63, 3.8) is 0 Å². The fourth-order valence-corrected chi connectivity index (χ4v) is 3.69. The Bertz CT molecular complexity index is 567. The first kappa shape index (κ1) is 15.2. The van der Waals surface area contributed by atoms with Crippen molar-refractivity contribution in [2.75, 3.05) is 19.6 Å². The van der Waals surface area contributed by atoms with Gasteiger partial charge >= 0.3 is 0 Å². The molecule has 0 aliphatic carbocycles. The molecule has 1 aromatic carbocycles. The zero-order valence-electron chi connectivity index (χ0n) is 11.9. The Balaban J connectivity index is 2.14. The van der Waals surface area contributed by atoms with Crippen LogP contribution in [0.2, 0.25) is 0 Å². The van der Waals surface area contributed by atoms with Gasteiger partial charge in [-0.3, -0.25) is 0 Å². The molecule has 0 amide bonds. The maximum Gasteiger partial charge on any atom is 0.243 e. The van der Waals surface area contributed by atoms with Crippen molar-refractivity contribution in [2.45, 2.75) is 31.2 Å². The third kappa shape index (κ3) is 3.69. The van der Waals surface area contributed by atoms with Crippen LogP contribution in [0.3, 0.4) is 0 Å². The Morgan fingerprint density at radius 2 is 2.15 bits per heavy atom. The Labute approximate surface area is 121 Å². The number of hydrogen-bond donors (Lipinski definition) is 1. The van der Waals surface area contributed by atoms with E-state index in [0.29, 0.717) is 24.5 Å². The zero-order chi connectivity index (χ0) is 14.4. The molecule has 1 heterocycles. The van der Waals surface area contributed by atoms with E-state index in [4.69, 9.17) is 0 Å². The molecule has 1 aliphatic rings. The predicted octanol–water partition coefficient (Wildman–Crippen LogP) is 2.14. The molecule has 1 aliphatic heterocycles. The molecular weight excluding hydrogens is 272 g/mol. The molecule has 0 aromatic heterocycles. The molecule has 0 atom stereocenters. The fraction of sp³-hybridized carbons (Fsp3) is 0.467. The summed E-state index contributed by atoms with van der Waals surface area (Å²) in [7, 11) is -3.36. The van der Waals surface area contributed by atoms with Gasteiger partial charge in [-0.1, -0.05) is 31.2 Å². The van der Waals surface area contributed by atoms with Gasteiger partial charge in [0.1, 0.15) is 0 Å². The van der Waals surface area contributed by atoms with Crippen LogP contribution >= 0.6 is 0 Å². The van der Waals surface area contributed by atoms with E-state index in [9.17, 15) is 8.42 Å². The molecule has 4 nitrogen and oxygen atoms in total. The quantitative estimate of drug-likeness (QED) is 0.646. The van der Waals surface area contributed by atoms with Crippen molar-refractivity contribution in [3.05, 3.63) is 42.0 Å². The largest absolute Gasteiger partial charge is 0.313 e. The van der Waals surface area contributed by atoms with Gasteiger partial charge in [0.15, 0.2) is 0 Å². The van der Waals surface area contributed by atoms with E-state index in [0.717, 1.165) is 24.9 Å². The molecule has 0 radical (unpaired) electrons. The van der Waals surface area contributed by atoms with Gasteiger partial charge in [-0.2, -0.15) is 4.31 Å². The number of benzene rings is 1. The highest BCUT2D eigenvalue weighted by Gasteiger charge is 2.24. The minimum absolute atomic E-state index is 0.392. The minimum atomic E-state index is -3.36. The Morgan fingerprint density at radius 3 is 2.85 bits per heavy atom. The van der Waals surface area contributed by atoms with Gasteiger partial charge in [0.25, 0.3) is 0 Å². The second-order valence-corrected chi connectivity index (χ2v) is 6.89. The first-order valence-electron chi connectivity index (χ1n) is 7.09.